The smallest absolute Gasteiger partial charge is 0.331 e. The largest absolute Gasteiger partial charge is 0.446 e. The van der Waals surface area contributed by atoms with Gasteiger partial charge in [-0.05, 0) is 18.9 Å². The Morgan fingerprint density at radius 1 is 1.50 bits per heavy atom. The zero-order valence-corrected chi connectivity index (χ0v) is 13.0. The van der Waals surface area contributed by atoms with Gasteiger partial charge in [0.25, 0.3) is 0 Å². The number of hydrogen-bond donors (Lipinski definition) is 0. The first-order valence-corrected chi connectivity index (χ1v) is 8.19. The maximum absolute atomic E-state index is 12.3. The average Bonchev–Trinajstić information content (AvgIpc) is 3.08. The van der Waals surface area contributed by atoms with Crippen molar-refractivity contribution in [2.75, 3.05) is 5.75 Å². The summed E-state index contributed by atoms with van der Waals surface area (Å²) < 4.78 is 5.11. The normalized spacial score (nSPS) is 28.1. The molecule has 0 spiro atoms. The Morgan fingerprint density at radius 3 is 2.91 bits per heavy atom. The molecule has 0 radical (unpaired) electrons. The summed E-state index contributed by atoms with van der Waals surface area (Å²) >= 11 is 1.61. The molecule has 6 heteroatoms. The van der Waals surface area contributed by atoms with Crippen LogP contribution in [0.2, 0.25) is 0 Å². The van der Waals surface area contributed by atoms with Crippen LogP contribution in [0.15, 0.2) is 30.3 Å². The molecule has 3 atom stereocenters. The second-order valence-electron chi connectivity index (χ2n) is 5.45. The molecule has 2 aliphatic heterocycles. The Kier molecular flexibility index (Phi) is 3.83. The molecule has 3 rings (SSSR count). The van der Waals surface area contributed by atoms with Crippen molar-refractivity contribution in [2.24, 2.45) is 0 Å². The van der Waals surface area contributed by atoms with Crippen molar-refractivity contribution in [3.63, 3.8) is 0 Å². The Labute approximate surface area is 133 Å². The molecular formula is C16H16N2O3S. The van der Waals surface area contributed by atoms with Crippen LogP contribution in [0.5, 0.6) is 0 Å². The highest BCUT2D eigenvalue weighted by Crippen LogP contribution is 2.54. The van der Waals surface area contributed by atoms with E-state index in [1.165, 1.54) is 6.92 Å². The van der Waals surface area contributed by atoms with E-state index in [9.17, 15) is 9.59 Å². The second-order valence-corrected chi connectivity index (χ2v) is 6.75. The van der Waals surface area contributed by atoms with Gasteiger partial charge in [0.15, 0.2) is 6.10 Å². The maximum atomic E-state index is 12.3. The van der Waals surface area contributed by atoms with Crippen molar-refractivity contribution in [3.8, 4) is 6.07 Å². The van der Waals surface area contributed by atoms with Gasteiger partial charge < -0.3 is 9.64 Å². The molecule has 0 aliphatic carbocycles. The molecule has 0 aromatic heterocycles. The molecule has 1 aromatic rings. The van der Waals surface area contributed by atoms with E-state index in [1.54, 1.807) is 16.7 Å². The Balaban J connectivity index is 1.91. The lowest BCUT2D eigenvalue weighted by molar-refractivity contribution is -0.155. The van der Waals surface area contributed by atoms with E-state index in [-0.39, 0.29) is 5.91 Å². The highest BCUT2D eigenvalue weighted by molar-refractivity contribution is 8.00. The second kappa shape index (κ2) is 5.65. The fraction of sp³-hybridized carbons (Fsp3) is 0.438. The SMILES string of the molecule is C[C@@H](C#N)OC(=O)[C@H]1CS[C@@]2(c3ccccc3)CCC(=O)N12. The Hall–Kier alpha value is -2.00. The van der Waals surface area contributed by atoms with Crippen molar-refractivity contribution >= 4 is 23.6 Å². The van der Waals surface area contributed by atoms with Crippen molar-refractivity contribution in [3.05, 3.63) is 35.9 Å². The van der Waals surface area contributed by atoms with Crippen molar-refractivity contribution in [1.82, 2.24) is 4.90 Å². The third kappa shape index (κ3) is 2.26. The number of carbonyl (C=O) groups is 2. The molecule has 0 unspecified atom stereocenters. The molecule has 0 N–H and O–H groups in total. The van der Waals surface area contributed by atoms with Crippen LogP contribution in [0.25, 0.3) is 0 Å². The van der Waals surface area contributed by atoms with Gasteiger partial charge in [-0.2, -0.15) is 5.26 Å². The monoisotopic (exact) mass is 316 g/mol. The van der Waals surface area contributed by atoms with Crippen LogP contribution in [-0.2, 0) is 19.2 Å². The number of amides is 1. The molecule has 1 aromatic carbocycles. The fourth-order valence-electron chi connectivity index (χ4n) is 3.10. The molecule has 114 valence electrons. The van der Waals surface area contributed by atoms with Crippen LogP contribution in [-0.4, -0.2) is 34.7 Å². The number of thioether (sulfide) groups is 1. The minimum Gasteiger partial charge on any atom is -0.446 e. The molecule has 2 fully saturated rings. The summed E-state index contributed by atoms with van der Waals surface area (Å²) in [5, 5.41) is 8.78. The van der Waals surface area contributed by atoms with E-state index in [0.29, 0.717) is 18.6 Å². The molecule has 0 saturated carbocycles. The molecule has 2 heterocycles. The first-order valence-electron chi connectivity index (χ1n) is 7.20. The number of nitrogens with zero attached hydrogens (tertiary/aromatic N) is 2. The molecule has 2 aliphatic rings. The van der Waals surface area contributed by atoms with Crippen LogP contribution in [0.3, 0.4) is 0 Å². The number of fused-ring (bicyclic) bond motifs is 1. The van der Waals surface area contributed by atoms with E-state index in [1.807, 2.05) is 36.4 Å². The Morgan fingerprint density at radius 2 is 2.23 bits per heavy atom. The van der Waals surface area contributed by atoms with Crippen LogP contribution < -0.4 is 0 Å². The van der Waals surface area contributed by atoms with Gasteiger partial charge in [0, 0.05) is 12.2 Å². The number of hydrogen-bond acceptors (Lipinski definition) is 5. The zero-order chi connectivity index (χ0) is 15.7. The maximum Gasteiger partial charge on any atom is 0.331 e. The minimum atomic E-state index is -0.804. The predicted molar refractivity (Wildman–Crippen MR) is 81.6 cm³/mol. The standard InChI is InChI=1S/C16H16N2O3S/c1-11(9-17)21-15(20)13-10-22-16(8-7-14(19)18(13)16)12-5-3-2-4-6-12/h2-6,11,13H,7-8,10H2,1H3/t11-,13+,16+/m0/s1. The van der Waals surface area contributed by atoms with E-state index in [0.717, 1.165) is 5.56 Å². The van der Waals surface area contributed by atoms with E-state index >= 15 is 0 Å². The molecular weight excluding hydrogens is 300 g/mol. The van der Waals surface area contributed by atoms with Gasteiger partial charge in [-0.1, -0.05) is 30.3 Å². The van der Waals surface area contributed by atoms with E-state index < -0.39 is 23.0 Å². The van der Waals surface area contributed by atoms with Gasteiger partial charge in [-0.3, -0.25) is 4.79 Å². The van der Waals surface area contributed by atoms with Crippen molar-refractivity contribution < 1.29 is 14.3 Å². The highest BCUT2D eigenvalue weighted by atomic mass is 32.2. The van der Waals surface area contributed by atoms with Gasteiger partial charge in [0.05, 0.1) is 0 Å². The summed E-state index contributed by atoms with van der Waals surface area (Å²) in [6, 6.07) is 11.1. The summed E-state index contributed by atoms with van der Waals surface area (Å²) in [6.45, 7) is 1.52. The lowest BCUT2D eigenvalue weighted by Gasteiger charge is -2.33. The number of benzene rings is 1. The number of carbonyl (C=O) groups excluding carboxylic acids is 2. The lowest BCUT2D eigenvalue weighted by atomic mass is 10.0. The quantitative estimate of drug-likeness (QED) is 0.798. The third-order valence-corrected chi connectivity index (χ3v) is 5.70. The first-order chi connectivity index (χ1) is 10.6. The van der Waals surface area contributed by atoms with Gasteiger partial charge >= 0.3 is 5.97 Å². The topological polar surface area (TPSA) is 70.4 Å². The molecule has 5 nitrogen and oxygen atoms in total. The minimum absolute atomic E-state index is 0.0274. The van der Waals surface area contributed by atoms with E-state index in [2.05, 4.69) is 0 Å². The van der Waals surface area contributed by atoms with Crippen molar-refractivity contribution in [1.29, 1.82) is 5.26 Å². The summed E-state index contributed by atoms with van der Waals surface area (Å²) in [4.78, 5) is 25.8. The van der Waals surface area contributed by atoms with Gasteiger partial charge in [-0.25, -0.2) is 4.79 Å². The molecule has 2 saturated heterocycles. The predicted octanol–water partition coefficient (Wildman–Crippen LogP) is 2.03. The van der Waals surface area contributed by atoms with Crippen LogP contribution >= 0.6 is 11.8 Å². The fourth-order valence-corrected chi connectivity index (χ4v) is 4.73. The summed E-state index contributed by atoms with van der Waals surface area (Å²) in [7, 11) is 0. The van der Waals surface area contributed by atoms with Gasteiger partial charge in [0.1, 0.15) is 17.0 Å². The molecule has 0 bridgehead atoms. The average molecular weight is 316 g/mol. The number of esters is 1. The molecule has 1 amide bonds. The summed E-state index contributed by atoms with van der Waals surface area (Å²) in [6.07, 6.45) is 0.319. The zero-order valence-electron chi connectivity index (χ0n) is 12.2. The van der Waals surface area contributed by atoms with Gasteiger partial charge in [0.2, 0.25) is 5.91 Å². The number of ether oxygens (including phenoxy) is 1. The van der Waals surface area contributed by atoms with Crippen LogP contribution in [0.4, 0.5) is 0 Å². The lowest BCUT2D eigenvalue weighted by Crippen LogP contribution is -2.47. The van der Waals surface area contributed by atoms with Gasteiger partial charge in [-0.15, -0.1) is 11.8 Å². The van der Waals surface area contributed by atoms with Crippen LogP contribution in [0, 0.1) is 11.3 Å². The first kappa shape index (κ1) is 14.9. The molecule has 22 heavy (non-hydrogen) atoms. The highest BCUT2D eigenvalue weighted by Gasteiger charge is 2.57. The number of nitriles is 1. The van der Waals surface area contributed by atoms with E-state index in [4.69, 9.17) is 10.00 Å². The Bertz CT molecular complexity index is 643. The van der Waals surface area contributed by atoms with Crippen LogP contribution in [0.1, 0.15) is 25.3 Å². The summed E-state index contributed by atoms with van der Waals surface area (Å²) in [5.74, 6) is -0.0209. The number of rotatable bonds is 3. The van der Waals surface area contributed by atoms with Crippen molar-refractivity contribution in [2.45, 2.75) is 36.8 Å². The summed E-state index contributed by atoms with van der Waals surface area (Å²) in [5.41, 5.74) is 1.04. The third-order valence-electron chi connectivity index (χ3n) is 4.10.